The molecule has 3 rings (SSSR count). The minimum Gasteiger partial charge on any atom is -0.362 e. The molecule has 3 aliphatic carbocycles. The summed E-state index contributed by atoms with van der Waals surface area (Å²) in [6.07, 6.45) is 2.13. The summed E-state index contributed by atoms with van der Waals surface area (Å²) in [6, 6.07) is 0. The van der Waals surface area contributed by atoms with Crippen LogP contribution < -0.4 is 0 Å². The molecule has 2 nitrogen and oxygen atoms in total. The van der Waals surface area contributed by atoms with Crippen LogP contribution in [0.4, 0.5) is 0 Å². The van der Waals surface area contributed by atoms with Crippen LogP contribution in [0, 0.1) is 22.5 Å². The van der Waals surface area contributed by atoms with Crippen LogP contribution in [0.25, 0.3) is 5.53 Å². The fourth-order valence-electron chi connectivity index (χ4n) is 2.46. The topological polar surface area (TPSA) is 36.4 Å². The summed E-state index contributed by atoms with van der Waals surface area (Å²) in [5.74, 6) is 1.23. The van der Waals surface area contributed by atoms with E-state index in [1.807, 2.05) is 0 Å². The number of thiol groups is 1. The number of fused-ring (bicyclic) bond motifs is 2. The smallest absolute Gasteiger partial charge is 0.287 e. The largest absolute Gasteiger partial charge is 0.362 e. The monoisotopic (exact) mass is 181 g/mol. The van der Waals surface area contributed by atoms with Gasteiger partial charge in [-0.1, -0.05) is 13.8 Å². The maximum absolute atomic E-state index is 8.69. The van der Waals surface area contributed by atoms with Crippen LogP contribution >= 0.6 is 12.6 Å². The zero-order valence-corrected chi connectivity index (χ0v) is 8.30. The van der Waals surface area contributed by atoms with Gasteiger partial charge in [0.2, 0.25) is 0 Å². The van der Waals surface area contributed by atoms with Crippen molar-refractivity contribution >= 4 is 18.3 Å². The van der Waals surface area contributed by atoms with Gasteiger partial charge in [0.25, 0.3) is 5.71 Å². The fourth-order valence-corrected chi connectivity index (χ4v) is 3.03. The van der Waals surface area contributed by atoms with Gasteiger partial charge in [-0.3, -0.25) is 0 Å². The van der Waals surface area contributed by atoms with Crippen molar-refractivity contribution in [1.82, 2.24) is 0 Å². The molecule has 0 N–H and O–H groups in total. The second-order valence-electron chi connectivity index (χ2n) is 4.44. The van der Waals surface area contributed by atoms with Crippen molar-refractivity contribution in [3.63, 3.8) is 0 Å². The maximum Gasteiger partial charge on any atom is 0.287 e. The van der Waals surface area contributed by atoms with E-state index in [1.165, 1.54) is 6.42 Å². The van der Waals surface area contributed by atoms with Gasteiger partial charge in [0.1, 0.15) is 5.25 Å². The van der Waals surface area contributed by atoms with Crippen molar-refractivity contribution in [2.24, 2.45) is 17.3 Å². The number of hydrogen-bond acceptors (Lipinski definition) is 1. The summed E-state index contributed by atoms with van der Waals surface area (Å²) in [5, 5.41) is 1.00. The van der Waals surface area contributed by atoms with Crippen LogP contribution in [0.5, 0.6) is 0 Å². The maximum atomic E-state index is 8.69. The van der Waals surface area contributed by atoms with Crippen molar-refractivity contribution in [2.45, 2.75) is 26.7 Å². The Morgan fingerprint density at radius 3 is 2.67 bits per heavy atom. The van der Waals surface area contributed by atoms with Gasteiger partial charge in [-0.15, -0.1) is 0 Å². The molecule has 0 amide bonds. The first-order valence-electron chi connectivity index (χ1n) is 4.34. The Bertz CT molecular complexity index is 266. The molecule has 0 saturated heterocycles. The molecular weight excluding hydrogens is 168 g/mol. The molecule has 3 saturated carbocycles. The van der Waals surface area contributed by atoms with Gasteiger partial charge in [0.05, 0.1) is 6.42 Å². The summed E-state index contributed by atoms with van der Waals surface area (Å²) in [7, 11) is 0. The molecule has 0 aromatic heterocycles. The molecule has 0 aromatic carbocycles. The van der Waals surface area contributed by atoms with Crippen LogP contribution in [0.1, 0.15) is 26.7 Å². The summed E-state index contributed by atoms with van der Waals surface area (Å²) >= 11 is 4.41. The van der Waals surface area contributed by atoms with Gasteiger partial charge < -0.3 is 5.53 Å². The predicted octanol–water partition coefficient (Wildman–Crippen LogP) is 2.18. The van der Waals surface area contributed by atoms with Crippen molar-refractivity contribution in [1.29, 1.82) is 0 Å². The normalized spacial score (nSPS) is 38.8. The second kappa shape index (κ2) is 2.36. The average molecular weight is 181 g/mol. The van der Waals surface area contributed by atoms with E-state index in [-0.39, 0.29) is 0 Å². The zero-order valence-electron chi connectivity index (χ0n) is 7.41. The van der Waals surface area contributed by atoms with Crippen LogP contribution in [0.15, 0.2) is 0 Å². The number of hydrogen-bond donors (Lipinski definition) is 1. The quantitative estimate of drug-likeness (QED) is 0.338. The highest BCUT2D eigenvalue weighted by molar-refractivity contribution is 7.84. The van der Waals surface area contributed by atoms with Crippen LogP contribution in [0.3, 0.4) is 0 Å². The van der Waals surface area contributed by atoms with Crippen LogP contribution in [-0.4, -0.2) is 10.5 Å². The van der Waals surface area contributed by atoms with E-state index in [4.69, 9.17) is 5.53 Å². The van der Waals surface area contributed by atoms with E-state index in [0.29, 0.717) is 17.3 Å². The summed E-state index contributed by atoms with van der Waals surface area (Å²) in [5.41, 5.74) is 9.87. The molecule has 3 aliphatic rings. The van der Waals surface area contributed by atoms with Gasteiger partial charge in [-0.05, 0) is 23.7 Å². The first-order chi connectivity index (χ1) is 5.57. The van der Waals surface area contributed by atoms with Gasteiger partial charge in [-0.2, -0.15) is 17.4 Å². The Labute approximate surface area is 78.4 Å². The lowest BCUT2D eigenvalue weighted by Crippen LogP contribution is -2.54. The molecule has 3 fully saturated rings. The Morgan fingerprint density at radius 1 is 1.58 bits per heavy atom. The zero-order chi connectivity index (χ0) is 8.93. The van der Waals surface area contributed by atoms with Crippen molar-refractivity contribution in [3.05, 3.63) is 10.8 Å². The third kappa shape index (κ3) is 0.839. The van der Waals surface area contributed by atoms with Gasteiger partial charge in [-0.25, -0.2) is 0 Å². The van der Waals surface area contributed by atoms with Crippen LogP contribution in [0.2, 0.25) is 0 Å². The second-order valence-corrected chi connectivity index (χ2v) is 4.92. The van der Waals surface area contributed by atoms with E-state index in [2.05, 4.69) is 31.3 Å². The highest BCUT2D eigenvalue weighted by atomic mass is 32.1. The molecule has 2 atom stereocenters. The third-order valence-electron chi connectivity index (χ3n) is 3.66. The Morgan fingerprint density at radius 2 is 2.25 bits per heavy atom. The molecule has 2 unspecified atom stereocenters. The van der Waals surface area contributed by atoms with Crippen molar-refractivity contribution < 1.29 is 4.79 Å². The summed E-state index contributed by atoms with van der Waals surface area (Å²) < 4.78 is 0. The van der Waals surface area contributed by atoms with Crippen LogP contribution in [-0.2, 0) is 0 Å². The van der Waals surface area contributed by atoms with Gasteiger partial charge in [0, 0.05) is 0 Å². The summed E-state index contributed by atoms with van der Waals surface area (Å²) in [4.78, 5) is 3.28. The fraction of sp³-hybridized carbons (Fsp3) is 0.778. The lowest BCUT2D eigenvalue weighted by atomic mass is 9.48. The molecule has 1 radical (unpaired) electrons. The molecule has 3 heteroatoms. The van der Waals surface area contributed by atoms with E-state index in [9.17, 15) is 0 Å². The lowest BCUT2D eigenvalue weighted by Gasteiger charge is -2.56. The number of rotatable bonds is 0. The highest BCUT2D eigenvalue weighted by Crippen LogP contribution is 2.61. The highest BCUT2D eigenvalue weighted by Gasteiger charge is 2.59. The lowest BCUT2D eigenvalue weighted by molar-refractivity contribution is -0.0541. The predicted molar refractivity (Wildman–Crippen MR) is 50.9 cm³/mol. The summed E-state index contributed by atoms with van der Waals surface area (Å²) in [6.45, 7) is 4.55. The SMILES string of the molecule is CC1(C)C2CC(=[N+]=[N-])[C](S)C1C2. The Balaban J connectivity index is 2.28. The van der Waals surface area contributed by atoms with E-state index >= 15 is 0 Å². The molecule has 2 bridgehead atoms. The molecule has 0 spiro atoms. The van der Waals surface area contributed by atoms with E-state index in [1.54, 1.807) is 0 Å². The molecule has 0 aromatic rings. The molecular formula is C9H13N2S. The van der Waals surface area contributed by atoms with Crippen molar-refractivity contribution in [2.75, 3.05) is 0 Å². The third-order valence-corrected chi connectivity index (χ3v) is 4.23. The number of nitrogens with zero attached hydrogens (tertiary/aromatic N) is 2. The van der Waals surface area contributed by atoms with Gasteiger partial charge >= 0.3 is 0 Å². The van der Waals surface area contributed by atoms with Crippen molar-refractivity contribution in [3.8, 4) is 0 Å². The molecule has 0 heterocycles. The molecule has 12 heavy (non-hydrogen) atoms. The Kier molecular flexibility index (Phi) is 1.64. The average Bonchev–Trinajstić information content (AvgIpc) is 2.03. The minimum absolute atomic E-state index is 0.380. The molecule has 65 valence electrons. The minimum atomic E-state index is 0.380. The van der Waals surface area contributed by atoms with E-state index < -0.39 is 0 Å². The molecule has 0 aliphatic heterocycles. The first kappa shape index (κ1) is 8.33. The van der Waals surface area contributed by atoms with Gasteiger partial charge in [0.15, 0.2) is 0 Å². The van der Waals surface area contributed by atoms with E-state index in [0.717, 1.165) is 17.4 Å². The first-order valence-corrected chi connectivity index (χ1v) is 4.79. The Hall–Kier alpha value is -0.270. The standard InChI is InChI=1S/C9H13N2S/c1-9(2)5-3-6(9)8(12)7(4-5)11-10/h5-6,12H,3-4H2,1-2H3.